The van der Waals surface area contributed by atoms with Gasteiger partial charge in [0, 0.05) is 12.5 Å². The van der Waals surface area contributed by atoms with Gasteiger partial charge in [0.2, 0.25) is 0 Å². The second-order valence-electron chi connectivity index (χ2n) is 3.87. The molecule has 0 aliphatic carbocycles. The fourth-order valence-electron chi connectivity index (χ4n) is 2.37. The van der Waals surface area contributed by atoms with Crippen LogP contribution in [0.1, 0.15) is 17.9 Å². The monoisotopic (exact) mass is 207 g/mol. The molecule has 3 rings (SSSR count). The van der Waals surface area contributed by atoms with Crippen LogP contribution in [0.3, 0.4) is 0 Å². The van der Waals surface area contributed by atoms with E-state index < -0.39 is 0 Å². The lowest BCUT2D eigenvalue weighted by Gasteiger charge is -2.16. The highest BCUT2D eigenvalue weighted by Gasteiger charge is 2.39. The van der Waals surface area contributed by atoms with Gasteiger partial charge in [0.05, 0.1) is 24.9 Å². The fourth-order valence-corrected chi connectivity index (χ4v) is 3.21. The summed E-state index contributed by atoms with van der Waals surface area (Å²) < 4.78 is 7.78. The first-order chi connectivity index (χ1) is 6.95. The molecule has 2 aliphatic rings. The Labute approximate surface area is 88.6 Å². The topological polar surface area (TPSA) is 12.5 Å². The first-order valence-corrected chi connectivity index (χ1v) is 5.76. The molecule has 0 radical (unpaired) electrons. The molecule has 1 aromatic rings. The van der Waals surface area contributed by atoms with Crippen LogP contribution in [0.4, 0.5) is 0 Å². The minimum Gasteiger partial charge on any atom is -0.299 e. The Bertz CT molecular complexity index is 316. The standard InChI is InChI=1S/C11H13NOS/c1-2-4-9(5-3-1)10-6-7-12-11(10)8-13-14-12/h1-5,10-11H,6-8H2/t10-,11+/m0/s1. The lowest BCUT2D eigenvalue weighted by molar-refractivity contribution is 0.328. The normalized spacial score (nSPS) is 32.0. The van der Waals surface area contributed by atoms with E-state index in [1.807, 2.05) is 0 Å². The molecule has 0 unspecified atom stereocenters. The SMILES string of the molecule is c1ccc([C@@H]2CCN3SOC[C@H]23)cc1. The molecular weight excluding hydrogens is 194 g/mol. The van der Waals surface area contributed by atoms with Gasteiger partial charge in [-0.05, 0) is 12.0 Å². The Morgan fingerprint density at radius 1 is 1.29 bits per heavy atom. The molecule has 0 saturated carbocycles. The minimum absolute atomic E-state index is 0.599. The zero-order valence-corrected chi connectivity index (χ0v) is 8.74. The third-order valence-electron chi connectivity index (χ3n) is 3.11. The summed E-state index contributed by atoms with van der Waals surface area (Å²) in [4.78, 5) is 0. The summed E-state index contributed by atoms with van der Waals surface area (Å²) in [7, 11) is 0. The van der Waals surface area contributed by atoms with Crippen molar-refractivity contribution in [3.05, 3.63) is 35.9 Å². The molecule has 14 heavy (non-hydrogen) atoms. The van der Waals surface area contributed by atoms with Crippen molar-refractivity contribution < 1.29 is 4.18 Å². The van der Waals surface area contributed by atoms with Gasteiger partial charge in [-0.3, -0.25) is 4.18 Å². The summed E-state index contributed by atoms with van der Waals surface area (Å²) in [6.07, 6.45) is 1.27. The first-order valence-electron chi connectivity index (χ1n) is 5.06. The van der Waals surface area contributed by atoms with Crippen LogP contribution in [0.15, 0.2) is 30.3 Å². The molecule has 0 aromatic heterocycles. The molecule has 0 bridgehead atoms. The van der Waals surface area contributed by atoms with E-state index in [9.17, 15) is 0 Å². The summed E-state index contributed by atoms with van der Waals surface area (Å²) in [5.74, 6) is 0.672. The number of hydrogen-bond acceptors (Lipinski definition) is 3. The Morgan fingerprint density at radius 2 is 2.14 bits per heavy atom. The summed E-state index contributed by atoms with van der Waals surface area (Å²) in [5.41, 5.74) is 1.46. The summed E-state index contributed by atoms with van der Waals surface area (Å²) >= 11 is 1.54. The van der Waals surface area contributed by atoms with Crippen molar-refractivity contribution in [3.63, 3.8) is 0 Å². The highest BCUT2D eigenvalue weighted by molar-refractivity contribution is 7.92. The van der Waals surface area contributed by atoms with Gasteiger partial charge in [0.15, 0.2) is 0 Å². The third-order valence-corrected chi connectivity index (χ3v) is 4.00. The van der Waals surface area contributed by atoms with Crippen molar-refractivity contribution in [2.75, 3.05) is 13.2 Å². The van der Waals surface area contributed by atoms with Crippen LogP contribution in [0.5, 0.6) is 0 Å². The summed E-state index contributed by atoms with van der Waals surface area (Å²) in [6.45, 7) is 2.04. The number of hydrogen-bond donors (Lipinski definition) is 0. The van der Waals surface area contributed by atoms with Crippen molar-refractivity contribution in [2.24, 2.45) is 0 Å². The predicted octanol–water partition coefficient (Wildman–Crippen LogP) is 2.44. The van der Waals surface area contributed by atoms with Crippen LogP contribution in [0, 0.1) is 0 Å². The van der Waals surface area contributed by atoms with Gasteiger partial charge in [-0.15, -0.1) is 0 Å². The van der Waals surface area contributed by atoms with Gasteiger partial charge >= 0.3 is 0 Å². The number of fused-ring (bicyclic) bond motifs is 1. The number of benzene rings is 1. The van der Waals surface area contributed by atoms with Crippen LogP contribution < -0.4 is 0 Å². The van der Waals surface area contributed by atoms with Crippen LogP contribution >= 0.6 is 12.2 Å². The molecule has 74 valence electrons. The van der Waals surface area contributed by atoms with E-state index in [1.54, 1.807) is 12.2 Å². The van der Waals surface area contributed by atoms with Crippen LogP contribution in [-0.2, 0) is 4.18 Å². The van der Waals surface area contributed by atoms with Gasteiger partial charge in [-0.1, -0.05) is 30.3 Å². The Morgan fingerprint density at radius 3 is 3.00 bits per heavy atom. The van der Waals surface area contributed by atoms with Crippen molar-refractivity contribution in [2.45, 2.75) is 18.4 Å². The van der Waals surface area contributed by atoms with Crippen molar-refractivity contribution in [3.8, 4) is 0 Å². The first kappa shape index (κ1) is 8.77. The molecule has 0 spiro atoms. The average molecular weight is 207 g/mol. The van der Waals surface area contributed by atoms with Crippen LogP contribution in [0.2, 0.25) is 0 Å². The molecule has 2 saturated heterocycles. The number of nitrogens with zero attached hydrogens (tertiary/aromatic N) is 1. The highest BCUT2D eigenvalue weighted by Crippen LogP contribution is 2.41. The zero-order valence-electron chi connectivity index (χ0n) is 7.93. The predicted molar refractivity (Wildman–Crippen MR) is 57.8 cm³/mol. The van der Waals surface area contributed by atoms with Gasteiger partial charge in [-0.25, -0.2) is 4.31 Å². The summed E-state index contributed by atoms with van der Waals surface area (Å²) in [6, 6.07) is 11.4. The maximum Gasteiger partial charge on any atom is 0.0823 e. The Kier molecular flexibility index (Phi) is 2.24. The zero-order chi connectivity index (χ0) is 9.38. The largest absolute Gasteiger partial charge is 0.299 e. The van der Waals surface area contributed by atoms with Crippen molar-refractivity contribution >= 4 is 12.2 Å². The number of rotatable bonds is 1. The molecule has 0 N–H and O–H groups in total. The van der Waals surface area contributed by atoms with E-state index in [2.05, 4.69) is 34.6 Å². The molecular formula is C11H13NOS. The van der Waals surface area contributed by atoms with E-state index in [0.29, 0.717) is 12.0 Å². The average Bonchev–Trinajstić information content (AvgIpc) is 2.79. The molecule has 2 heterocycles. The lowest BCUT2D eigenvalue weighted by Crippen LogP contribution is -2.23. The van der Waals surface area contributed by atoms with Gasteiger partial charge in [0.25, 0.3) is 0 Å². The van der Waals surface area contributed by atoms with Gasteiger partial charge < -0.3 is 0 Å². The molecule has 3 heteroatoms. The lowest BCUT2D eigenvalue weighted by atomic mass is 9.92. The third kappa shape index (κ3) is 1.36. The summed E-state index contributed by atoms with van der Waals surface area (Å²) in [5, 5.41) is 0. The maximum atomic E-state index is 5.41. The molecule has 2 atom stereocenters. The molecule has 0 amide bonds. The van der Waals surface area contributed by atoms with Crippen LogP contribution in [-0.4, -0.2) is 23.5 Å². The molecule has 2 aliphatic heterocycles. The van der Waals surface area contributed by atoms with Gasteiger partial charge in [0.1, 0.15) is 0 Å². The smallest absolute Gasteiger partial charge is 0.0823 e. The fraction of sp³-hybridized carbons (Fsp3) is 0.455. The Balaban J connectivity index is 1.86. The van der Waals surface area contributed by atoms with E-state index in [1.165, 1.54) is 12.0 Å². The Hall–Kier alpha value is -0.510. The molecule has 1 aromatic carbocycles. The van der Waals surface area contributed by atoms with Crippen molar-refractivity contribution in [1.82, 2.24) is 4.31 Å². The maximum absolute atomic E-state index is 5.41. The van der Waals surface area contributed by atoms with E-state index in [-0.39, 0.29) is 0 Å². The molecule has 2 fully saturated rings. The van der Waals surface area contributed by atoms with E-state index >= 15 is 0 Å². The van der Waals surface area contributed by atoms with E-state index in [0.717, 1.165) is 13.2 Å². The highest BCUT2D eigenvalue weighted by atomic mass is 32.2. The molecule has 2 nitrogen and oxygen atoms in total. The minimum atomic E-state index is 0.599. The van der Waals surface area contributed by atoms with Gasteiger partial charge in [-0.2, -0.15) is 0 Å². The quantitative estimate of drug-likeness (QED) is 0.518. The second kappa shape index (κ2) is 3.57. The van der Waals surface area contributed by atoms with E-state index in [4.69, 9.17) is 4.18 Å². The van der Waals surface area contributed by atoms with Crippen LogP contribution in [0.25, 0.3) is 0 Å². The van der Waals surface area contributed by atoms with Crippen molar-refractivity contribution in [1.29, 1.82) is 0 Å². The second-order valence-corrected chi connectivity index (χ2v) is 4.73.